The van der Waals surface area contributed by atoms with Crippen LogP contribution in [-0.2, 0) is 6.54 Å². The van der Waals surface area contributed by atoms with Crippen molar-refractivity contribution in [1.82, 2.24) is 20.1 Å². The van der Waals surface area contributed by atoms with Gasteiger partial charge in [0.1, 0.15) is 5.69 Å². The maximum absolute atomic E-state index is 12.9. The number of amides is 1. The van der Waals surface area contributed by atoms with E-state index in [1.165, 1.54) is 18.2 Å². The summed E-state index contributed by atoms with van der Waals surface area (Å²) >= 11 is 0. The third kappa shape index (κ3) is 3.13. The van der Waals surface area contributed by atoms with Crippen LogP contribution in [0.4, 0.5) is 4.39 Å². The molecule has 2 aromatic heterocycles. The highest BCUT2D eigenvalue weighted by Gasteiger charge is 2.11. The molecule has 0 aliphatic heterocycles. The Bertz CT molecular complexity index is 527. The van der Waals surface area contributed by atoms with Gasteiger partial charge < -0.3 is 5.32 Å². The van der Waals surface area contributed by atoms with Crippen LogP contribution in [0.15, 0.2) is 36.7 Å². The molecule has 0 spiro atoms. The molecular formula is C12H13FN4O. The molecular weight excluding hydrogens is 235 g/mol. The average Bonchev–Trinajstić information content (AvgIpc) is 2.81. The van der Waals surface area contributed by atoms with Gasteiger partial charge in [0.15, 0.2) is 0 Å². The Labute approximate surface area is 104 Å². The van der Waals surface area contributed by atoms with Crippen molar-refractivity contribution in [2.75, 3.05) is 0 Å². The van der Waals surface area contributed by atoms with E-state index in [1.807, 2.05) is 19.2 Å². The molecule has 6 heteroatoms. The molecule has 2 aromatic rings. The number of nitrogens with one attached hydrogen (secondary N) is 1. The molecule has 1 atom stereocenters. The first-order chi connectivity index (χ1) is 8.65. The van der Waals surface area contributed by atoms with Crippen LogP contribution in [0.3, 0.4) is 0 Å². The molecule has 2 rings (SSSR count). The van der Waals surface area contributed by atoms with Crippen LogP contribution >= 0.6 is 0 Å². The lowest BCUT2D eigenvalue weighted by Gasteiger charge is -2.13. The van der Waals surface area contributed by atoms with Gasteiger partial charge in [-0.2, -0.15) is 9.49 Å². The summed E-state index contributed by atoms with van der Waals surface area (Å²) < 4.78 is 14.6. The number of pyridine rings is 1. The number of rotatable bonds is 4. The predicted molar refractivity (Wildman–Crippen MR) is 63.4 cm³/mol. The highest BCUT2D eigenvalue weighted by Crippen LogP contribution is 1.99. The van der Waals surface area contributed by atoms with Gasteiger partial charge in [-0.15, -0.1) is 0 Å². The quantitative estimate of drug-likeness (QED) is 0.828. The molecule has 18 heavy (non-hydrogen) atoms. The molecule has 5 nitrogen and oxygen atoms in total. The SMILES string of the molecule is CC(Cn1cccn1)NC(=O)c1cccc(F)n1. The third-order valence-electron chi connectivity index (χ3n) is 2.35. The van der Waals surface area contributed by atoms with E-state index >= 15 is 0 Å². The van der Waals surface area contributed by atoms with E-state index in [2.05, 4.69) is 15.4 Å². The van der Waals surface area contributed by atoms with Crippen molar-refractivity contribution in [3.8, 4) is 0 Å². The maximum Gasteiger partial charge on any atom is 0.270 e. The fourth-order valence-corrected chi connectivity index (χ4v) is 1.57. The maximum atomic E-state index is 12.9. The van der Waals surface area contributed by atoms with E-state index in [9.17, 15) is 9.18 Å². The number of nitrogens with zero attached hydrogens (tertiary/aromatic N) is 3. The average molecular weight is 248 g/mol. The summed E-state index contributed by atoms with van der Waals surface area (Å²) in [5, 5.41) is 6.77. The molecule has 2 heterocycles. The molecule has 0 bridgehead atoms. The monoisotopic (exact) mass is 248 g/mol. The zero-order valence-corrected chi connectivity index (χ0v) is 9.88. The van der Waals surface area contributed by atoms with Crippen LogP contribution in [0.25, 0.3) is 0 Å². The zero-order chi connectivity index (χ0) is 13.0. The predicted octanol–water partition coefficient (Wildman–Crippen LogP) is 1.24. The smallest absolute Gasteiger partial charge is 0.270 e. The van der Waals surface area contributed by atoms with E-state index in [0.717, 1.165) is 0 Å². The van der Waals surface area contributed by atoms with Gasteiger partial charge in [-0.25, -0.2) is 4.98 Å². The summed E-state index contributed by atoms with van der Waals surface area (Å²) in [5.41, 5.74) is 0.0716. The Balaban J connectivity index is 1.95. The molecule has 0 radical (unpaired) electrons. The second-order valence-electron chi connectivity index (χ2n) is 3.95. The van der Waals surface area contributed by atoms with Crippen molar-refractivity contribution in [1.29, 1.82) is 0 Å². The Morgan fingerprint density at radius 2 is 2.33 bits per heavy atom. The molecule has 1 amide bonds. The Morgan fingerprint density at radius 1 is 1.50 bits per heavy atom. The van der Waals surface area contributed by atoms with Crippen LogP contribution in [0.5, 0.6) is 0 Å². The van der Waals surface area contributed by atoms with Gasteiger partial charge in [0.25, 0.3) is 5.91 Å². The standard InChI is InChI=1S/C12H13FN4O/c1-9(8-17-7-3-6-14-17)15-12(18)10-4-2-5-11(13)16-10/h2-7,9H,8H2,1H3,(H,15,18). The lowest BCUT2D eigenvalue weighted by molar-refractivity contribution is 0.0930. The summed E-state index contributed by atoms with van der Waals surface area (Å²) in [5.74, 6) is -1.06. The van der Waals surface area contributed by atoms with Gasteiger partial charge in [0.2, 0.25) is 5.95 Å². The molecule has 0 aromatic carbocycles. The largest absolute Gasteiger partial charge is 0.346 e. The van der Waals surface area contributed by atoms with E-state index in [4.69, 9.17) is 0 Å². The number of hydrogen-bond acceptors (Lipinski definition) is 3. The minimum Gasteiger partial charge on any atom is -0.346 e. The van der Waals surface area contributed by atoms with Crippen molar-refractivity contribution in [2.45, 2.75) is 19.5 Å². The zero-order valence-electron chi connectivity index (χ0n) is 9.88. The van der Waals surface area contributed by atoms with Crippen LogP contribution in [0.1, 0.15) is 17.4 Å². The van der Waals surface area contributed by atoms with Gasteiger partial charge in [-0.3, -0.25) is 9.48 Å². The Hall–Kier alpha value is -2.24. The van der Waals surface area contributed by atoms with Crippen molar-refractivity contribution in [3.05, 3.63) is 48.3 Å². The highest BCUT2D eigenvalue weighted by molar-refractivity contribution is 5.92. The highest BCUT2D eigenvalue weighted by atomic mass is 19.1. The van der Waals surface area contributed by atoms with Gasteiger partial charge in [0, 0.05) is 18.4 Å². The summed E-state index contributed by atoms with van der Waals surface area (Å²) in [6.07, 6.45) is 3.48. The number of carbonyl (C=O) groups is 1. The Kier molecular flexibility index (Phi) is 3.66. The van der Waals surface area contributed by atoms with Gasteiger partial charge in [-0.1, -0.05) is 6.07 Å². The second-order valence-corrected chi connectivity index (χ2v) is 3.95. The van der Waals surface area contributed by atoms with Crippen LogP contribution in [-0.4, -0.2) is 26.7 Å². The van der Waals surface area contributed by atoms with Crippen molar-refractivity contribution >= 4 is 5.91 Å². The fourth-order valence-electron chi connectivity index (χ4n) is 1.57. The molecule has 0 saturated heterocycles. The fraction of sp³-hybridized carbons (Fsp3) is 0.250. The van der Waals surface area contributed by atoms with E-state index in [-0.39, 0.29) is 11.7 Å². The molecule has 0 aliphatic carbocycles. The number of carbonyl (C=O) groups excluding carboxylic acids is 1. The van der Waals surface area contributed by atoms with Gasteiger partial charge in [0.05, 0.1) is 6.54 Å². The topological polar surface area (TPSA) is 59.8 Å². The minimum absolute atomic E-state index is 0.0716. The van der Waals surface area contributed by atoms with Crippen molar-refractivity contribution in [2.24, 2.45) is 0 Å². The number of aromatic nitrogens is 3. The molecule has 0 fully saturated rings. The summed E-state index contributed by atoms with van der Waals surface area (Å²) in [6.45, 7) is 2.40. The molecule has 94 valence electrons. The van der Waals surface area contributed by atoms with Crippen LogP contribution in [0.2, 0.25) is 0 Å². The van der Waals surface area contributed by atoms with E-state index in [1.54, 1.807) is 10.9 Å². The van der Waals surface area contributed by atoms with Crippen molar-refractivity contribution in [3.63, 3.8) is 0 Å². The molecule has 0 aliphatic rings. The van der Waals surface area contributed by atoms with Crippen molar-refractivity contribution < 1.29 is 9.18 Å². The molecule has 1 unspecified atom stereocenters. The number of hydrogen-bond donors (Lipinski definition) is 1. The second kappa shape index (κ2) is 5.39. The molecule has 1 N–H and O–H groups in total. The van der Waals surface area contributed by atoms with Gasteiger partial charge in [-0.05, 0) is 25.1 Å². The first kappa shape index (κ1) is 12.2. The lowest BCUT2D eigenvalue weighted by atomic mass is 10.3. The van der Waals surface area contributed by atoms with E-state index in [0.29, 0.717) is 6.54 Å². The van der Waals surface area contributed by atoms with Crippen LogP contribution < -0.4 is 5.32 Å². The molecule has 0 saturated carbocycles. The summed E-state index contributed by atoms with van der Waals surface area (Å²) in [7, 11) is 0. The first-order valence-corrected chi connectivity index (χ1v) is 5.56. The minimum atomic E-state index is -0.664. The van der Waals surface area contributed by atoms with Crippen LogP contribution in [0, 0.1) is 5.95 Å². The van der Waals surface area contributed by atoms with Gasteiger partial charge >= 0.3 is 0 Å². The van der Waals surface area contributed by atoms with E-state index < -0.39 is 11.9 Å². The summed E-state index contributed by atoms with van der Waals surface area (Å²) in [4.78, 5) is 15.3. The first-order valence-electron chi connectivity index (χ1n) is 5.56. The summed E-state index contributed by atoms with van der Waals surface area (Å²) in [6, 6.07) is 5.81. The third-order valence-corrected chi connectivity index (χ3v) is 2.35. The normalized spacial score (nSPS) is 12.1. The number of halogens is 1. The lowest BCUT2D eigenvalue weighted by Crippen LogP contribution is -2.36. The Morgan fingerprint density at radius 3 is 3.00 bits per heavy atom.